The smallest absolute Gasteiger partial charge is 0.225 e. The van der Waals surface area contributed by atoms with Crippen molar-refractivity contribution in [3.8, 4) is 6.07 Å². The van der Waals surface area contributed by atoms with Crippen LogP contribution in [0.3, 0.4) is 0 Å². The Labute approximate surface area is 137 Å². The number of allylic oxidation sites excluding steroid dienone is 1. The topological polar surface area (TPSA) is 52.9 Å². The van der Waals surface area contributed by atoms with E-state index in [0.29, 0.717) is 26.4 Å². The molecule has 0 saturated heterocycles. The van der Waals surface area contributed by atoms with E-state index in [1.807, 2.05) is 0 Å². The van der Waals surface area contributed by atoms with E-state index in [1.165, 1.54) is 11.8 Å². The number of nitriles is 1. The first kappa shape index (κ1) is 16.0. The third kappa shape index (κ3) is 3.62. The molecule has 6 heteroatoms. The maximum absolute atomic E-state index is 11.9. The molecule has 1 aromatic carbocycles. The lowest BCUT2D eigenvalue weighted by molar-refractivity contribution is -0.120. The lowest BCUT2D eigenvalue weighted by Gasteiger charge is -2.25. The van der Waals surface area contributed by atoms with Gasteiger partial charge in [0.05, 0.1) is 16.7 Å². The number of carbonyl (C=O) groups is 1. The summed E-state index contributed by atoms with van der Waals surface area (Å²) in [6, 6.07) is 7.29. The van der Waals surface area contributed by atoms with Gasteiger partial charge in [-0.1, -0.05) is 35.3 Å². The van der Waals surface area contributed by atoms with E-state index in [9.17, 15) is 10.1 Å². The van der Waals surface area contributed by atoms with Crippen molar-refractivity contribution >= 4 is 40.9 Å². The Morgan fingerprint density at radius 1 is 1.52 bits per heavy atom. The monoisotopic (exact) mass is 338 g/mol. The van der Waals surface area contributed by atoms with E-state index in [1.54, 1.807) is 24.3 Å². The standard InChI is InChI=1S/C15H12Cl2N2OS/c1-2-5-21-15-12(8-18)11(7-14(20)19-15)10-4-3-9(16)6-13(10)17/h2-4,6,11H,1,5,7H2,(H,19,20)/t11-/m0/s1. The molecule has 3 nitrogen and oxygen atoms in total. The lowest BCUT2D eigenvalue weighted by Crippen LogP contribution is -2.31. The molecule has 0 bridgehead atoms. The van der Waals surface area contributed by atoms with Crippen LogP contribution in [0.1, 0.15) is 17.9 Å². The van der Waals surface area contributed by atoms with E-state index in [2.05, 4.69) is 18.0 Å². The van der Waals surface area contributed by atoms with Gasteiger partial charge in [0.15, 0.2) is 0 Å². The maximum Gasteiger partial charge on any atom is 0.225 e. The van der Waals surface area contributed by atoms with Crippen LogP contribution in [-0.4, -0.2) is 11.7 Å². The summed E-state index contributed by atoms with van der Waals surface area (Å²) in [4.78, 5) is 11.9. The third-order valence-corrected chi connectivity index (χ3v) is 4.61. The van der Waals surface area contributed by atoms with Crippen molar-refractivity contribution in [2.45, 2.75) is 12.3 Å². The van der Waals surface area contributed by atoms with Crippen LogP contribution < -0.4 is 5.32 Å². The zero-order chi connectivity index (χ0) is 15.4. The number of rotatable bonds is 4. The summed E-state index contributed by atoms with van der Waals surface area (Å²) >= 11 is 13.5. The minimum atomic E-state index is -0.346. The van der Waals surface area contributed by atoms with Crippen LogP contribution in [0.25, 0.3) is 0 Å². The van der Waals surface area contributed by atoms with Crippen molar-refractivity contribution in [3.63, 3.8) is 0 Å². The van der Waals surface area contributed by atoms with Crippen LogP contribution in [0.4, 0.5) is 0 Å². The molecule has 1 heterocycles. The Morgan fingerprint density at radius 3 is 2.90 bits per heavy atom. The van der Waals surface area contributed by atoms with Crippen LogP contribution in [0.15, 0.2) is 41.5 Å². The maximum atomic E-state index is 11.9. The van der Waals surface area contributed by atoms with Crippen LogP contribution in [-0.2, 0) is 4.79 Å². The molecule has 0 fully saturated rings. The Morgan fingerprint density at radius 2 is 2.29 bits per heavy atom. The molecular weight excluding hydrogens is 327 g/mol. The first-order valence-electron chi connectivity index (χ1n) is 6.19. The highest BCUT2D eigenvalue weighted by Gasteiger charge is 2.30. The van der Waals surface area contributed by atoms with Crippen molar-refractivity contribution in [1.82, 2.24) is 5.32 Å². The summed E-state index contributed by atoms with van der Waals surface area (Å²) in [5, 5.41) is 13.8. The number of hydrogen-bond acceptors (Lipinski definition) is 3. The van der Waals surface area contributed by atoms with Gasteiger partial charge >= 0.3 is 0 Å². The van der Waals surface area contributed by atoms with E-state index >= 15 is 0 Å². The molecular formula is C15H12Cl2N2OS. The molecule has 1 aliphatic rings. The van der Waals surface area contributed by atoms with Gasteiger partial charge in [-0.05, 0) is 17.7 Å². The number of nitrogens with one attached hydrogen (secondary N) is 1. The molecule has 1 aromatic rings. The molecule has 1 N–H and O–H groups in total. The number of hydrogen-bond donors (Lipinski definition) is 1. The van der Waals surface area contributed by atoms with E-state index < -0.39 is 0 Å². The molecule has 1 atom stereocenters. The van der Waals surface area contributed by atoms with Gasteiger partial charge in [0.1, 0.15) is 0 Å². The molecule has 1 amide bonds. The highest BCUT2D eigenvalue weighted by Crippen LogP contribution is 2.39. The summed E-state index contributed by atoms with van der Waals surface area (Å²) in [5.41, 5.74) is 1.26. The molecule has 21 heavy (non-hydrogen) atoms. The number of halogens is 2. The highest BCUT2D eigenvalue weighted by atomic mass is 35.5. The molecule has 0 unspecified atom stereocenters. The second-order valence-electron chi connectivity index (χ2n) is 4.43. The van der Waals surface area contributed by atoms with Crippen LogP contribution >= 0.6 is 35.0 Å². The van der Waals surface area contributed by atoms with E-state index in [0.717, 1.165) is 5.56 Å². The number of benzene rings is 1. The van der Waals surface area contributed by atoms with Crippen molar-refractivity contribution < 1.29 is 4.79 Å². The molecule has 108 valence electrons. The third-order valence-electron chi connectivity index (χ3n) is 3.04. The zero-order valence-electron chi connectivity index (χ0n) is 11.0. The Kier molecular flexibility index (Phi) is 5.35. The quantitative estimate of drug-likeness (QED) is 0.835. The minimum Gasteiger partial charge on any atom is -0.320 e. The lowest BCUT2D eigenvalue weighted by atomic mass is 9.87. The molecule has 2 rings (SSSR count). The largest absolute Gasteiger partial charge is 0.320 e. The second kappa shape index (κ2) is 7.04. The van der Waals surface area contributed by atoms with Crippen LogP contribution in [0.2, 0.25) is 10.0 Å². The van der Waals surface area contributed by atoms with Gasteiger partial charge in [0.25, 0.3) is 0 Å². The number of thioether (sulfide) groups is 1. The van der Waals surface area contributed by atoms with Gasteiger partial charge in [-0.2, -0.15) is 5.26 Å². The second-order valence-corrected chi connectivity index (χ2v) is 6.30. The van der Waals surface area contributed by atoms with Crippen molar-refractivity contribution in [1.29, 1.82) is 5.26 Å². The van der Waals surface area contributed by atoms with E-state index in [-0.39, 0.29) is 18.2 Å². The average molecular weight is 339 g/mol. The van der Waals surface area contributed by atoms with E-state index in [4.69, 9.17) is 23.2 Å². The summed E-state index contributed by atoms with van der Waals surface area (Å²) < 4.78 is 0. The molecule has 0 spiro atoms. The minimum absolute atomic E-state index is 0.128. The fourth-order valence-corrected chi connectivity index (χ4v) is 3.48. The van der Waals surface area contributed by atoms with Crippen molar-refractivity contribution in [2.24, 2.45) is 0 Å². The van der Waals surface area contributed by atoms with Gasteiger partial charge in [-0.15, -0.1) is 18.3 Å². The average Bonchev–Trinajstić information content (AvgIpc) is 2.44. The fourth-order valence-electron chi connectivity index (χ4n) is 2.13. The summed E-state index contributed by atoms with van der Waals surface area (Å²) in [7, 11) is 0. The van der Waals surface area contributed by atoms with Gasteiger partial charge in [-0.3, -0.25) is 4.79 Å². The Bertz CT molecular complexity index is 664. The normalized spacial score (nSPS) is 18.1. The number of nitrogens with zero attached hydrogens (tertiary/aromatic N) is 1. The van der Waals surface area contributed by atoms with Gasteiger partial charge in [0.2, 0.25) is 5.91 Å². The SMILES string of the molecule is C=CCSC1=C(C#N)[C@H](c2ccc(Cl)cc2Cl)CC(=O)N1. The van der Waals surface area contributed by atoms with Crippen molar-refractivity contribution in [2.75, 3.05) is 5.75 Å². The molecule has 0 radical (unpaired) electrons. The Hall–Kier alpha value is -1.41. The molecule has 0 saturated carbocycles. The van der Waals surface area contributed by atoms with Crippen LogP contribution in [0, 0.1) is 11.3 Å². The van der Waals surface area contributed by atoms with Gasteiger partial charge in [0, 0.05) is 28.1 Å². The first-order valence-corrected chi connectivity index (χ1v) is 7.93. The number of carbonyl (C=O) groups excluding carboxylic acids is 1. The first-order chi connectivity index (χ1) is 10.1. The predicted molar refractivity (Wildman–Crippen MR) is 87.3 cm³/mol. The molecule has 0 aliphatic carbocycles. The fraction of sp³-hybridized carbons (Fsp3) is 0.200. The van der Waals surface area contributed by atoms with Gasteiger partial charge < -0.3 is 5.32 Å². The Balaban J connectivity index is 2.47. The predicted octanol–water partition coefficient (Wildman–Crippen LogP) is 4.25. The zero-order valence-corrected chi connectivity index (χ0v) is 13.4. The van der Waals surface area contributed by atoms with Gasteiger partial charge in [-0.25, -0.2) is 0 Å². The molecule has 1 aliphatic heterocycles. The summed E-state index contributed by atoms with van der Waals surface area (Å²) in [6.07, 6.45) is 1.92. The van der Waals surface area contributed by atoms with Crippen molar-refractivity contribution in [3.05, 3.63) is 57.1 Å². The highest BCUT2D eigenvalue weighted by molar-refractivity contribution is 8.03. The number of amides is 1. The van der Waals surface area contributed by atoms with Crippen LogP contribution in [0.5, 0.6) is 0 Å². The summed E-state index contributed by atoms with van der Waals surface area (Å²) in [5.74, 6) is 0.138. The summed E-state index contributed by atoms with van der Waals surface area (Å²) in [6.45, 7) is 3.64. The molecule has 0 aromatic heterocycles.